The van der Waals surface area contributed by atoms with Crippen LogP contribution in [0.4, 0.5) is 0 Å². The number of fused-ring (bicyclic) bond motifs is 1. The van der Waals surface area contributed by atoms with Crippen molar-refractivity contribution in [3.63, 3.8) is 0 Å². The Morgan fingerprint density at radius 2 is 1.65 bits per heavy atom. The molecule has 1 saturated carbocycles. The lowest BCUT2D eigenvalue weighted by molar-refractivity contribution is -0.147. The quantitative estimate of drug-likeness (QED) is 0.869. The number of aryl methyl sites for hydroxylation is 1. The van der Waals surface area contributed by atoms with Gasteiger partial charge in [0, 0.05) is 13.6 Å². The van der Waals surface area contributed by atoms with Crippen molar-refractivity contribution in [3.8, 4) is 0 Å². The third-order valence-electron chi connectivity index (χ3n) is 6.07. The molecule has 1 heterocycles. The van der Waals surface area contributed by atoms with Gasteiger partial charge in [-0.15, -0.1) is 0 Å². The molecule has 1 unspecified atom stereocenters. The van der Waals surface area contributed by atoms with Gasteiger partial charge in [0.05, 0.1) is 0 Å². The van der Waals surface area contributed by atoms with Gasteiger partial charge in [0.15, 0.2) is 5.60 Å². The molecule has 2 fully saturated rings. The van der Waals surface area contributed by atoms with E-state index in [1.807, 2.05) is 68.6 Å². The van der Waals surface area contributed by atoms with Gasteiger partial charge in [-0.3, -0.25) is 4.79 Å². The molecule has 0 aromatic heterocycles. The zero-order chi connectivity index (χ0) is 18.3. The normalized spacial score (nSPS) is 26.0. The third-order valence-corrected chi connectivity index (χ3v) is 6.07. The first kappa shape index (κ1) is 17.3. The van der Waals surface area contributed by atoms with E-state index in [2.05, 4.69) is 5.32 Å². The summed E-state index contributed by atoms with van der Waals surface area (Å²) in [7, 11) is 1.81. The van der Waals surface area contributed by atoms with Crippen molar-refractivity contribution in [3.05, 3.63) is 71.3 Å². The molecule has 0 bridgehead atoms. The molecule has 4 heteroatoms. The number of aliphatic hydroxyl groups is 1. The number of amides is 1. The number of benzene rings is 2. The average Bonchev–Trinajstić information content (AvgIpc) is 3.08. The third kappa shape index (κ3) is 2.83. The molecule has 2 aliphatic rings. The largest absolute Gasteiger partial charge is 0.372 e. The van der Waals surface area contributed by atoms with Crippen LogP contribution in [-0.2, 0) is 10.4 Å². The Kier molecular flexibility index (Phi) is 4.33. The van der Waals surface area contributed by atoms with Crippen molar-refractivity contribution in [2.75, 3.05) is 26.7 Å². The van der Waals surface area contributed by atoms with Crippen LogP contribution in [0, 0.1) is 24.7 Å². The number of hydrogen-bond acceptors (Lipinski definition) is 3. The van der Waals surface area contributed by atoms with E-state index in [9.17, 15) is 9.90 Å². The highest BCUT2D eigenvalue weighted by Crippen LogP contribution is 2.49. The predicted octanol–water partition coefficient (Wildman–Crippen LogP) is 2.15. The molecule has 2 N–H and O–H groups in total. The van der Waals surface area contributed by atoms with Gasteiger partial charge >= 0.3 is 0 Å². The zero-order valence-corrected chi connectivity index (χ0v) is 15.4. The van der Waals surface area contributed by atoms with Gasteiger partial charge in [0.2, 0.25) is 0 Å². The highest BCUT2D eigenvalue weighted by atomic mass is 16.3. The molecule has 26 heavy (non-hydrogen) atoms. The summed E-state index contributed by atoms with van der Waals surface area (Å²) in [5.74, 6) is 1.68. The molecular formula is C22H26N2O2. The number of carbonyl (C=O) groups excluding carboxylic acids is 1. The Morgan fingerprint density at radius 3 is 2.27 bits per heavy atom. The van der Waals surface area contributed by atoms with Crippen LogP contribution in [0.1, 0.15) is 16.7 Å². The summed E-state index contributed by atoms with van der Waals surface area (Å²) in [6, 6.07) is 16.8. The topological polar surface area (TPSA) is 52.6 Å². The first-order valence-corrected chi connectivity index (χ1v) is 9.33. The van der Waals surface area contributed by atoms with Crippen molar-refractivity contribution in [2.45, 2.75) is 12.5 Å². The molecule has 2 aromatic rings. The highest BCUT2D eigenvalue weighted by Gasteiger charge is 2.54. The van der Waals surface area contributed by atoms with E-state index in [0.717, 1.165) is 18.7 Å². The van der Waals surface area contributed by atoms with Gasteiger partial charge in [-0.2, -0.15) is 0 Å². The molecule has 4 rings (SSSR count). The Hall–Kier alpha value is -2.17. The number of piperidine rings is 1. The second-order valence-electron chi connectivity index (χ2n) is 7.78. The van der Waals surface area contributed by atoms with E-state index < -0.39 is 5.60 Å². The Morgan fingerprint density at radius 1 is 1.08 bits per heavy atom. The fraction of sp³-hybridized carbons (Fsp3) is 0.409. The second-order valence-corrected chi connectivity index (χ2v) is 7.78. The summed E-state index contributed by atoms with van der Waals surface area (Å²) in [6.07, 6.45) is 0. The van der Waals surface area contributed by atoms with Crippen LogP contribution in [-0.4, -0.2) is 42.6 Å². The summed E-state index contributed by atoms with van der Waals surface area (Å²) in [5.41, 5.74) is 0.664. The summed E-state index contributed by atoms with van der Waals surface area (Å²) < 4.78 is 0. The molecule has 0 spiro atoms. The standard InChI is InChI=1S/C22H26N2O2/c1-15-8-10-17(11-9-15)22(26,16-6-4-3-5-7-16)21(25)24(2)14-20-18-12-23-13-19(18)20/h3-11,18-20,23,26H,12-14H2,1-2H3/t18-,19+,20?,22-/m0/s1. The van der Waals surface area contributed by atoms with Gasteiger partial charge in [-0.1, -0.05) is 60.2 Å². The van der Waals surface area contributed by atoms with E-state index in [0.29, 0.717) is 35.4 Å². The van der Waals surface area contributed by atoms with Crippen molar-refractivity contribution < 1.29 is 9.90 Å². The number of likely N-dealkylation sites (N-methyl/N-ethyl adjacent to an activating group) is 1. The number of rotatable bonds is 5. The molecule has 2 aromatic carbocycles. The number of carbonyl (C=O) groups is 1. The van der Waals surface area contributed by atoms with Crippen LogP contribution >= 0.6 is 0 Å². The van der Waals surface area contributed by atoms with E-state index in [-0.39, 0.29) is 5.91 Å². The lowest BCUT2D eigenvalue weighted by Gasteiger charge is -2.32. The van der Waals surface area contributed by atoms with E-state index in [1.54, 1.807) is 4.90 Å². The zero-order valence-electron chi connectivity index (χ0n) is 15.4. The van der Waals surface area contributed by atoms with Crippen molar-refractivity contribution >= 4 is 5.91 Å². The van der Waals surface area contributed by atoms with Crippen LogP contribution in [0.3, 0.4) is 0 Å². The van der Waals surface area contributed by atoms with Crippen LogP contribution in [0.15, 0.2) is 54.6 Å². The molecule has 1 amide bonds. The van der Waals surface area contributed by atoms with Gasteiger partial charge in [0.25, 0.3) is 5.91 Å². The minimum Gasteiger partial charge on any atom is -0.372 e. The first-order chi connectivity index (χ1) is 12.5. The van der Waals surface area contributed by atoms with Crippen LogP contribution in [0.25, 0.3) is 0 Å². The average molecular weight is 350 g/mol. The maximum atomic E-state index is 13.4. The van der Waals surface area contributed by atoms with Crippen molar-refractivity contribution in [1.29, 1.82) is 0 Å². The van der Waals surface area contributed by atoms with Gasteiger partial charge < -0.3 is 15.3 Å². The lowest BCUT2D eigenvalue weighted by atomic mass is 9.84. The molecule has 0 radical (unpaired) electrons. The van der Waals surface area contributed by atoms with Crippen molar-refractivity contribution in [2.24, 2.45) is 17.8 Å². The number of nitrogens with zero attached hydrogens (tertiary/aromatic N) is 1. The summed E-state index contributed by atoms with van der Waals surface area (Å²) in [6.45, 7) is 4.81. The fourth-order valence-corrected chi connectivity index (χ4v) is 4.38. The van der Waals surface area contributed by atoms with E-state index in [4.69, 9.17) is 0 Å². The summed E-state index contributed by atoms with van der Waals surface area (Å²) in [5, 5.41) is 15.0. The molecule has 1 aliphatic carbocycles. The minimum atomic E-state index is -1.66. The molecule has 4 atom stereocenters. The van der Waals surface area contributed by atoms with Gasteiger partial charge in [0.1, 0.15) is 0 Å². The van der Waals surface area contributed by atoms with Crippen molar-refractivity contribution in [1.82, 2.24) is 10.2 Å². The second kappa shape index (κ2) is 6.53. The maximum Gasteiger partial charge on any atom is 0.263 e. The molecule has 1 saturated heterocycles. The minimum absolute atomic E-state index is 0.259. The monoisotopic (exact) mass is 350 g/mol. The molecule has 4 nitrogen and oxygen atoms in total. The van der Waals surface area contributed by atoms with Crippen LogP contribution in [0.5, 0.6) is 0 Å². The summed E-state index contributed by atoms with van der Waals surface area (Å²) in [4.78, 5) is 15.1. The predicted molar refractivity (Wildman–Crippen MR) is 102 cm³/mol. The highest BCUT2D eigenvalue weighted by molar-refractivity contribution is 5.90. The van der Waals surface area contributed by atoms with E-state index in [1.165, 1.54) is 0 Å². The van der Waals surface area contributed by atoms with E-state index >= 15 is 0 Å². The van der Waals surface area contributed by atoms with Gasteiger partial charge in [-0.25, -0.2) is 0 Å². The number of hydrogen-bond donors (Lipinski definition) is 2. The first-order valence-electron chi connectivity index (χ1n) is 9.33. The summed E-state index contributed by atoms with van der Waals surface area (Å²) >= 11 is 0. The SMILES string of the molecule is Cc1ccc([C@](O)(C(=O)N(C)CC2[C@H]3CNC[C@@H]23)c2ccccc2)cc1. The maximum absolute atomic E-state index is 13.4. The Bertz CT molecular complexity index is 780. The van der Waals surface area contributed by atoms with Gasteiger partial charge in [-0.05, 0) is 48.9 Å². The van der Waals surface area contributed by atoms with Crippen LogP contribution < -0.4 is 5.32 Å². The molecule has 136 valence electrons. The number of nitrogens with one attached hydrogen (secondary N) is 1. The Labute approximate surface area is 154 Å². The lowest BCUT2D eigenvalue weighted by Crippen LogP contribution is -2.47. The molecule has 1 aliphatic heterocycles. The fourth-order valence-electron chi connectivity index (χ4n) is 4.38. The molecular weight excluding hydrogens is 324 g/mol. The smallest absolute Gasteiger partial charge is 0.263 e. The van der Waals surface area contributed by atoms with Crippen LogP contribution in [0.2, 0.25) is 0 Å². The Balaban J connectivity index is 1.64.